The zero-order valence-electron chi connectivity index (χ0n) is 12.9. The summed E-state index contributed by atoms with van der Waals surface area (Å²) in [5.41, 5.74) is 0. The largest absolute Gasteiger partial charge is 0.355 e. The molecule has 2 nitrogen and oxygen atoms in total. The van der Waals surface area contributed by atoms with Crippen LogP contribution in [-0.2, 0) is 4.79 Å². The van der Waals surface area contributed by atoms with Crippen LogP contribution in [0.4, 0.5) is 0 Å². The zero-order chi connectivity index (χ0) is 15.6. The summed E-state index contributed by atoms with van der Waals surface area (Å²) in [5.74, 6) is 2.01. The normalized spacial score (nSPS) is 15.7. The highest BCUT2D eigenvalue weighted by Crippen LogP contribution is 2.27. The minimum atomic E-state index is 0.158. The predicted octanol–water partition coefficient (Wildman–Crippen LogP) is 5.00. The Morgan fingerprint density at radius 3 is 2.59 bits per heavy atom. The average molecular weight is 358 g/mol. The number of halogens is 1. The average Bonchev–Trinajstić information content (AvgIpc) is 2.54. The van der Waals surface area contributed by atoms with Crippen molar-refractivity contribution < 1.29 is 4.79 Å². The number of benzene rings is 1. The standard InChI is InChI=1S/C17H24ClNOS2/c18-14-6-8-16(9-7-14)21-12-10-17(20)19-11-13-22-15-4-2-1-3-5-15/h6-9,15H,1-5,10-13H2,(H,19,20). The van der Waals surface area contributed by atoms with Crippen molar-refractivity contribution in [2.24, 2.45) is 0 Å². The molecule has 122 valence electrons. The van der Waals surface area contributed by atoms with Gasteiger partial charge in [0.15, 0.2) is 0 Å². The van der Waals surface area contributed by atoms with E-state index in [0.717, 1.165) is 33.2 Å². The maximum absolute atomic E-state index is 11.8. The lowest BCUT2D eigenvalue weighted by atomic mass is 10.0. The predicted molar refractivity (Wildman–Crippen MR) is 99.1 cm³/mol. The van der Waals surface area contributed by atoms with Gasteiger partial charge < -0.3 is 5.32 Å². The molecule has 1 amide bonds. The Kier molecular flexibility index (Phi) is 8.56. The number of carbonyl (C=O) groups excluding carboxylic acids is 1. The molecule has 1 N–H and O–H groups in total. The zero-order valence-corrected chi connectivity index (χ0v) is 15.2. The molecule has 0 aliphatic heterocycles. The minimum Gasteiger partial charge on any atom is -0.355 e. The van der Waals surface area contributed by atoms with Gasteiger partial charge in [-0.1, -0.05) is 30.9 Å². The molecule has 2 rings (SSSR count). The first-order valence-corrected chi connectivity index (χ1v) is 10.4. The number of nitrogens with one attached hydrogen (secondary N) is 1. The van der Waals surface area contributed by atoms with Crippen molar-refractivity contribution in [3.8, 4) is 0 Å². The first kappa shape index (κ1) is 18.0. The summed E-state index contributed by atoms with van der Waals surface area (Å²) in [5, 5.41) is 4.60. The molecule has 0 aromatic heterocycles. The van der Waals surface area contributed by atoms with E-state index in [9.17, 15) is 4.79 Å². The molecule has 0 spiro atoms. The van der Waals surface area contributed by atoms with Gasteiger partial charge in [0.1, 0.15) is 0 Å². The summed E-state index contributed by atoms with van der Waals surface area (Å²) in [6.45, 7) is 0.797. The summed E-state index contributed by atoms with van der Waals surface area (Å²) in [7, 11) is 0. The van der Waals surface area contributed by atoms with Crippen molar-refractivity contribution in [3.63, 3.8) is 0 Å². The maximum Gasteiger partial charge on any atom is 0.220 e. The highest BCUT2D eigenvalue weighted by Gasteiger charge is 2.13. The first-order chi connectivity index (χ1) is 10.7. The first-order valence-electron chi connectivity index (χ1n) is 8.01. The number of hydrogen-bond donors (Lipinski definition) is 1. The molecule has 0 unspecified atom stereocenters. The fraction of sp³-hybridized carbons (Fsp3) is 0.588. The quantitative estimate of drug-likeness (QED) is 0.524. The van der Waals surface area contributed by atoms with Crippen LogP contribution in [0.25, 0.3) is 0 Å². The van der Waals surface area contributed by atoms with Crippen molar-refractivity contribution in [2.75, 3.05) is 18.1 Å². The van der Waals surface area contributed by atoms with Gasteiger partial charge in [-0.25, -0.2) is 0 Å². The third-order valence-electron chi connectivity index (χ3n) is 3.74. The van der Waals surface area contributed by atoms with E-state index in [4.69, 9.17) is 11.6 Å². The van der Waals surface area contributed by atoms with E-state index in [1.165, 1.54) is 32.1 Å². The van der Waals surface area contributed by atoms with Gasteiger partial charge in [0.25, 0.3) is 0 Å². The van der Waals surface area contributed by atoms with Crippen LogP contribution >= 0.6 is 35.1 Å². The van der Waals surface area contributed by atoms with E-state index in [-0.39, 0.29) is 5.91 Å². The van der Waals surface area contributed by atoms with Gasteiger partial charge in [0.05, 0.1) is 0 Å². The van der Waals surface area contributed by atoms with Gasteiger partial charge in [0.2, 0.25) is 5.91 Å². The highest BCUT2D eigenvalue weighted by molar-refractivity contribution is 8.00. The summed E-state index contributed by atoms with van der Waals surface area (Å²) < 4.78 is 0. The molecule has 1 aliphatic carbocycles. The molecule has 1 aromatic rings. The Labute approximate surface area is 147 Å². The Hall–Kier alpha value is -0.320. The van der Waals surface area contributed by atoms with Gasteiger partial charge in [-0.15, -0.1) is 11.8 Å². The maximum atomic E-state index is 11.8. The van der Waals surface area contributed by atoms with Crippen molar-refractivity contribution in [1.82, 2.24) is 5.32 Å². The summed E-state index contributed by atoms with van der Waals surface area (Å²) in [6.07, 6.45) is 7.45. The summed E-state index contributed by atoms with van der Waals surface area (Å²) >= 11 is 9.57. The lowest BCUT2D eigenvalue weighted by Gasteiger charge is -2.20. The lowest BCUT2D eigenvalue weighted by Crippen LogP contribution is -2.26. The Balaban J connectivity index is 1.49. The van der Waals surface area contributed by atoms with Crippen molar-refractivity contribution >= 4 is 41.0 Å². The van der Waals surface area contributed by atoms with Crippen LogP contribution in [0.3, 0.4) is 0 Å². The van der Waals surface area contributed by atoms with E-state index in [0.29, 0.717) is 6.42 Å². The molecule has 0 radical (unpaired) electrons. The van der Waals surface area contributed by atoms with Crippen LogP contribution < -0.4 is 5.32 Å². The Morgan fingerprint density at radius 1 is 1.14 bits per heavy atom. The van der Waals surface area contributed by atoms with Crippen LogP contribution in [0.1, 0.15) is 38.5 Å². The second-order valence-corrected chi connectivity index (χ2v) is 8.55. The number of rotatable bonds is 8. The molecule has 5 heteroatoms. The van der Waals surface area contributed by atoms with E-state index in [1.54, 1.807) is 11.8 Å². The Bertz CT molecular complexity index is 446. The van der Waals surface area contributed by atoms with Crippen molar-refractivity contribution in [3.05, 3.63) is 29.3 Å². The number of carbonyl (C=O) groups is 1. The molecule has 22 heavy (non-hydrogen) atoms. The molecule has 1 saturated carbocycles. The fourth-order valence-electron chi connectivity index (χ4n) is 2.53. The molecular formula is C17H24ClNOS2. The van der Waals surface area contributed by atoms with E-state index < -0.39 is 0 Å². The topological polar surface area (TPSA) is 29.1 Å². The van der Waals surface area contributed by atoms with Gasteiger partial charge in [0, 0.05) is 39.6 Å². The third-order valence-corrected chi connectivity index (χ3v) is 6.39. The molecule has 1 aliphatic rings. The van der Waals surface area contributed by atoms with Crippen LogP contribution in [0.15, 0.2) is 29.2 Å². The van der Waals surface area contributed by atoms with Gasteiger partial charge in [-0.3, -0.25) is 4.79 Å². The van der Waals surface area contributed by atoms with Gasteiger partial charge >= 0.3 is 0 Å². The monoisotopic (exact) mass is 357 g/mol. The number of hydrogen-bond acceptors (Lipinski definition) is 3. The molecule has 0 heterocycles. The molecule has 1 fully saturated rings. The van der Waals surface area contributed by atoms with E-state index in [1.807, 2.05) is 36.0 Å². The van der Waals surface area contributed by atoms with Crippen LogP contribution in [0.5, 0.6) is 0 Å². The summed E-state index contributed by atoms with van der Waals surface area (Å²) in [4.78, 5) is 12.9. The van der Waals surface area contributed by atoms with Crippen LogP contribution in [-0.4, -0.2) is 29.2 Å². The van der Waals surface area contributed by atoms with E-state index in [2.05, 4.69) is 5.32 Å². The lowest BCUT2D eigenvalue weighted by molar-refractivity contribution is -0.120. The number of thioether (sulfide) groups is 2. The third kappa shape index (κ3) is 7.30. The Morgan fingerprint density at radius 2 is 1.86 bits per heavy atom. The SMILES string of the molecule is O=C(CCSc1ccc(Cl)cc1)NCCSC1CCCCC1. The van der Waals surface area contributed by atoms with E-state index >= 15 is 0 Å². The van der Waals surface area contributed by atoms with Crippen LogP contribution in [0.2, 0.25) is 5.02 Å². The number of amides is 1. The second kappa shape index (κ2) is 10.5. The van der Waals surface area contributed by atoms with Gasteiger partial charge in [-0.05, 0) is 37.1 Å². The smallest absolute Gasteiger partial charge is 0.220 e. The van der Waals surface area contributed by atoms with Crippen LogP contribution in [0, 0.1) is 0 Å². The molecule has 0 atom stereocenters. The molecule has 1 aromatic carbocycles. The van der Waals surface area contributed by atoms with Gasteiger partial charge in [-0.2, -0.15) is 11.8 Å². The van der Waals surface area contributed by atoms with Crippen molar-refractivity contribution in [2.45, 2.75) is 48.7 Å². The minimum absolute atomic E-state index is 0.158. The molecule has 0 bridgehead atoms. The molecule has 0 saturated heterocycles. The molecular weight excluding hydrogens is 334 g/mol. The fourth-order valence-corrected chi connectivity index (χ4v) is 4.73. The highest BCUT2D eigenvalue weighted by atomic mass is 35.5. The second-order valence-electron chi connectivity index (χ2n) is 5.53. The van der Waals surface area contributed by atoms with Crippen molar-refractivity contribution in [1.29, 1.82) is 0 Å². The summed E-state index contributed by atoms with van der Waals surface area (Å²) in [6, 6.07) is 7.75.